The van der Waals surface area contributed by atoms with Gasteiger partial charge in [-0.15, -0.1) is 0 Å². The van der Waals surface area contributed by atoms with Crippen LogP contribution in [0.2, 0.25) is 0 Å². The zero-order valence-corrected chi connectivity index (χ0v) is 9.53. The standard InChI is InChI=1S/C8H7O2.K/c9-7-10-6-8-4-2-1-3-5-8;/h1-5H,6H2;. The summed E-state index contributed by atoms with van der Waals surface area (Å²) in [5.41, 5.74) is 1.05. The average Bonchev–Trinajstić information content (AvgIpc) is 2.03. The fourth-order valence-corrected chi connectivity index (χ4v) is 0.985. The Labute approximate surface area is 99.5 Å². The summed E-state index contributed by atoms with van der Waals surface area (Å²) in [7, 11) is 0. The van der Waals surface area contributed by atoms with Crippen molar-refractivity contribution in [3.63, 3.8) is 0 Å². The summed E-state index contributed by atoms with van der Waals surface area (Å²) in [5, 5.41) is 0. The van der Waals surface area contributed by atoms with Crippen molar-refractivity contribution in [1.82, 2.24) is 0 Å². The predicted octanol–water partition coefficient (Wildman–Crippen LogP) is 1.49. The zero-order chi connectivity index (χ0) is 8.10. The molecule has 0 spiro atoms. The van der Waals surface area contributed by atoms with E-state index in [-0.39, 0.29) is 49.0 Å². The van der Waals surface area contributed by atoms with Crippen molar-refractivity contribution in [3.05, 3.63) is 35.9 Å². The van der Waals surface area contributed by atoms with Crippen molar-refractivity contribution in [2.45, 2.75) is 6.61 Å². The van der Waals surface area contributed by atoms with Crippen LogP contribution in [0.3, 0.4) is 0 Å². The zero-order valence-electron chi connectivity index (χ0n) is 6.41. The van der Waals surface area contributed by atoms with E-state index in [4.69, 9.17) is 4.74 Å². The van der Waals surface area contributed by atoms with Gasteiger partial charge in [0.05, 0.1) is 0 Å². The summed E-state index contributed by atoms with van der Waals surface area (Å²) in [5.74, 6) is 0. The predicted molar refractivity (Wildman–Crippen MR) is 42.4 cm³/mol. The van der Waals surface area contributed by atoms with Gasteiger partial charge in [0.25, 0.3) is 0 Å². The van der Waals surface area contributed by atoms with Crippen LogP contribution in [0, 0.1) is 0 Å². The van der Waals surface area contributed by atoms with E-state index >= 15 is 0 Å². The van der Waals surface area contributed by atoms with Crippen LogP contribution in [0.15, 0.2) is 30.3 Å². The quantitative estimate of drug-likeness (QED) is 0.635. The van der Waals surface area contributed by atoms with Crippen LogP contribution in [0.4, 0.5) is 4.79 Å². The topological polar surface area (TPSA) is 26.3 Å². The van der Waals surface area contributed by atoms with Crippen molar-refractivity contribution >= 4 is 49.0 Å². The van der Waals surface area contributed by atoms with Gasteiger partial charge in [-0.3, -0.25) is 0 Å². The molecule has 0 aliphatic carbocycles. The van der Waals surface area contributed by atoms with Gasteiger partial charge in [-0.1, -0.05) is 0 Å². The Morgan fingerprint density at radius 3 is 2.55 bits per heavy atom. The van der Waals surface area contributed by atoms with Crippen molar-refractivity contribution in [2.24, 2.45) is 0 Å². The van der Waals surface area contributed by atoms with Crippen LogP contribution in [0.5, 0.6) is 0 Å². The molecule has 0 radical (unpaired) electrons. The molecule has 0 aromatic heterocycles. The number of ether oxygens (including phenoxy) is 1. The fraction of sp³-hybridized carbons (Fsp3) is 0.125. The summed E-state index contributed by atoms with van der Waals surface area (Å²) < 4.78 is 4.82. The summed E-state index contributed by atoms with van der Waals surface area (Å²) in [6.45, 7) is 0.418. The number of benzene rings is 1. The minimum atomic E-state index is -0.0543. The van der Waals surface area contributed by atoms with Crippen LogP contribution in [-0.4, -0.2) is 49.0 Å². The Bertz CT molecular complexity index is 233. The SMILES string of the molecule is O=[C]([K])OCc1ccccc1. The molecule has 0 bridgehead atoms. The Kier molecular flexibility index (Phi) is 4.33. The van der Waals surface area contributed by atoms with Gasteiger partial charge in [0.1, 0.15) is 0 Å². The molecule has 0 amide bonds. The van der Waals surface area contributed by atoms with Crippen molar-refractivity contribution in [1.29, 1.82) is 0 Å². The van der Waals surface area contributed by atoms with Crippen LogP contribution < -0.4 is 0 Å². The minimum absolute atomic E-state index is 0.0543. The second-order valence-corrected chi connectivity index (χ2v) is 3.54. The van der Waals surface area contributed by atoms with Crippen molar-refractivity contribution in [2.75, 3.05) is 0 Å². The van der Waals surface area contributed by atoms with Gasteiger partial charge in [0, 0.05) is 0 Å². The summed E-state index contributed by atoms with van der Waals surface area (Å²) in [4.78, 5) is 10.5. The molecule has 0 fully saturated rings. The second kappa shape index (κ2) is 5.06. The molecule has 11 heavy (non-hydrogen) atoms. The first-order valence-electron chi connectivity index (χ1n) is 3.46. The molecule has 0 saturated heterocycles. The average molecular weight is 174 g/mol. The second-order valence-electron chi connectivity index (χ2n) is 2.27. The van der Waals surface area contributed by atoms with E-state index in [9.17, 15) is 4.79 Å². The third-order valence-corrected chi connectivity index (χ3v) is 1.74. The molecule has 3 heteroatoms. The first kappa shape index (κ1) is 9.41. The van der Waals surface area contributed by atoms with Crippen molar-refractivity contribution in [3.8, 4) is 0 Å². The Morgan fingerprint density at radius 2 is 2.00 bits per heavy atom. The number of carbonyl (C=O) groups excluding carboxylic acids is 1. The molecule has 0 saturated carbocycles. The molecule has 1 aromatic rings. The first-order valence-corrected chi connectivity index (χ1v) is 5.02. The number of rotatable bonds is 2. The molecule has 0 heterocycles. The fourth-order valence-electron chi connectivity index (χ4n) is 0.759. The summed E-state index contributed by atoms with van der Waals surface area (Å²) in [6.07, 6.45) is 0. The van der Waals surface area contributed by atoms with Gasteiger partial charge in [-0.2, -0.15) is 0 Å². The maximum absolute atomic E-state index is 10.5. The van der Waals surface area contributed by atoms with E-state index < -0.39 is 0 Å². The van der Waals surface area contributed by atoms with Crippen LogP contribution >= 0.6 is 0 Å². The van der Waals surface area contributed by atoms with E-state index in [0.717, 1.165) is 5.56 Å². The van der Waals surface area contributed by atoms with E-state index in [2.05, 4.69) is 0 Å². The first-order chi connectivity index (χ1) is 5.29. The van der Waals surface area contributed by atoms with E-state index in [0.29, 0.717) is 6.61 Å². The summed E-state index contributed by atoms with van der Waals surface area (Å²) in [6, 6.07) is 9.68. The molecule has 1 aromatic carbocycles. The third kappa shape index (κ3) is 4.03. The summed E-state index contributed by atoms with van der Waals surface area (Å²) >= 11 is 0.141. The Morgan fingerprint density at radius 1 is 1.36 bits per heavy atom. The Balaban J connectivity index is 2.45. The third-order valence-electron chi connectivity index (χ3n) is 1.28. The molecular formula is C8H7KO2. The van der Waals surface area contributed by atoms with Gasteiger partial charge in [0.2, 0.25) is 0 Å². The molecular weight excluding hydrogens is 167 g/mol. The van der Waals surface area contributed by atoms with Crippen LogP contribution in [-0.2, 0) is 11.3 Å². The van der Waals surface area contributed by atoms with Crippen LogP contribution in [0.1, 0.15) is 5.56 Å². The van der Waals surface area contributed by atoms with Gasteiger partial charge in [-0.25, -0.2) is 0 Å². The normalized spacial score (nSPS) is 9.27. The monoisotopic (exact) mass is 174 g/mol. The van der Waals surface area contributed by atoms with Gasteiger partial charge in [0.15, 0.2) is 0 Å². The van der Waals surface area contributed by atoms with Crippen LogP contribution in [0.25, 0.3) is 0 Å². The number of hydrogen-bond donors (Lipinski definition) is 0. The Hall–Kier alpha value is 0.326. The molecule has 0 aliphatic rings. The molecule has 0 unspecified atom stereocenters. The number of hydrogen-bond acceptors (Lipinski definition) is 2. The van der Waals surface area contributed by atoms with Gasteiger partial charge >= 0.3 is 101 Å². The maximum atomic E-state index is 10.5. The molecule has 52 valence electrons. The van der Waals surface area contributed by atoms with E-state index in [1.54, 1.807) is 0 Å². The molecule has 0 atom stereocenters. The van der Waals surface area contributed by atoms with Gasteiger partial charge in [-0.05, 0) is 0 Å². The molecule has 2 nitrogen and oxygen atoms in total. The van der Waals surface area contributed by atoms with Crippen molar-refractivity contribution < 1.29 is 9.53 Å². The molecule has 1 rings (SSSR count). The van der Waals surface area contributed by atoms with Gasteiger partial charge < -0.3 is 0 Å². The molecule has 0 N–H and O–H groups in total. The van der Waals surface area contributed by atoms with E-state index in [1.165, 1.54) is 0 Å². The van der Waals surface area contributed by atoms with E-state index in [1.807, 2.05) is 30.3 Å². The molecule has 0 aliphatic heterocycles. The number of carbonyl (C=O) groups is 1.